The summed E-state index contributed by atoms with van der Waals surface area (Å²) in [5, 5.41) is 0. The normalized spacial score (nSPS) is 12.8. The van der Waals surface area contributed by atoms with Crippen molar-refractivity contribution in [2.75, 3.05) is 13.2 Å². The standard InChI is InChI=1S/C22H30N2O/c1-18(2)16-25-17-20(19-10-5-3-6-11-19)12-9-15-22(23,24)21-13-7-4-8-14-21/h3-8,10-11,13-14,20H,1,9,12,15-17,23-24H2,2H3. The second-order valence-corrected chi connectivity index (χ2v) is 6.88. The molecule has 134 valence electrons. The second-order valence-electron chi connectivity index (χ2n) is 6.88. The molecule has 0 aliphatic heterocycles. The van der Waals surface area contributed by atoms with E-state index in [1.165, 1.54) is 5.56 Å². The third-order valence-electron chi connectivity index (χ3n) is 4.39. The van der Waals surface area contributed by atoms with Gasteiger partial charge in [0.1, 0.15) is 0 Å². The first-order valence-corrected chi connectivity index (χ1v) is 8.89. The Bertz CT molecular complexity index is 638. The van der Waals surface area contributed by atoms with E-state index in [0.29, 0.717) is 19.1 Å². The molecule has 0 aliphatic carbocycles. The minimum atomic E-state index is -0.791. The molecule has 0 aliphatic rings. The van der Waals surface area contributed by atoms with Crippen LogP contribution in [0.25, 0.3) is 0 Å². The van der Waals surface area contributed by atoms with E-state index < -0.39 is 5.66 Å². The van der Waals surface area contributed by atoms with Gasteiger partial charge in [0.2, 0.25) is 0 Å². The summed E-state index contributed by atoms with van der Waals surface area (Å²) in [4.78, 5) is 0. The highest BCUT2D eigenvalue weighted by molar-refractivity contribution is 5.23. The number of ether oxygens (including phenoxy) is 1. The minimum absolute atomic E-state index is 0.340. The first-order valence-electron chi connectivity index (χ1n) is 8.89. The van der Waals surface area contributed by atoms with Gasteiger partial charge in [-0.1, -0.05) is 72.8 Å². The van der Waals surface area contributed by atoms with Crippen molar-refractivity contribution in [3.8, 4) is 0 Å². The van der Waals surface area contributed by atoms with Crippen molar-refractivity contribution in [1.29, 1.82) is 0 Å². The van der Waals surface area contributed by atoms with Crippen molar-refractivity contribution in [3.63, 3.8) is 0 Å². The lowest BCUT2D eigenvalue weighted by atomic mass is 9.90. The first kappa shape index (κ1) is 19.4. The Morgan fingerprint density at radius 3 is 2.24 bits per heavy atom. The van der Waals surface area contributed by atoms with Crippen LogP contribution in [-0.4, -0.2) is 13.2 Å². The summed E-state index contributed by atoms with van der Waals surface area (Å²) in [6, 6.07) is 20.4. The van der Waals surface area contributed by atoms with Crippen LogP contribution in [0.4, 0.5) is 0 Å². The number of hydrogen-bond acceptors (Lipinski definition) is 3. The molecule has 2 aromatic carbocycles. The highest BCUT2D eigenvalue weighted by atomic mass is 16.5. The Morgan fingerprint density at radius 1 is 1.04 bits per heavy atom. The zero-order valence-corrected chi connectivity index (χ0v) is 15.2. The van der Waals surface area contributed by atoms with Gasteiger partial charge in [0, 0.05) is 5.92 Å². The van der Waals surface area contributed by atoms with Crippen LogP contribution in [0.2, 0.25) is 0 Å². The van der Waals surface area contributed by atoms with Crippen LogP contribution in [0, 0.1) is 0 Å². The monoisotopic (exact) mass is 338 g/mol. The number of rotatable bonds is 10. The maximum atomic E-state index is 6.34. The van der Waals surface area contributed by atoms with E-state index in [1.807, 2.05) is 43.3 Å². The van der Waals surface area contributed by atoms with Gasteiger partial charge in [-0.15, -0.1) is 0 Å². The third-order valence-corrected chi connectivity index (χ3v) is 4.39. The van der Waals surface area contributed by atoms with Crippen LogP contribution in [0.1, 0.15) is 43.2 Å². The Kier molecular flexibility index (Phi) is 7.38. The lowest BCUT2D eigenvalue weighted by Gasteiger charge is -2.26. The molecule has 2 aromatic rings. The van der Waals surface area contributed by atoms with Crippen molar-refractivity contribution in [1.82, 2.24) is 0 Å². The first-order chi connectivity index (χ1) is 12.0. The molecule has 2 rings (SSSR count). The predicted octanol–water partition coefficient (Wildman–Crippen LogP) is 4.30. The van der Waals surface area contributed by atoms with E-state index in [9.17, 15) is 0 Å². The molecule has 0 fully saturated rings. The summed E-state index contributed by atoms with van der Waals surface area (Å²) in [6.07, 6.45) is 2.67. The van der Waals surface area contributed by atoms with Gasteiger partial charge in [-0.3, -0.25) is 0 Å². The molecule has 25 heavy (non-hydrogen) atoms. The average Bonchev–Trinajstić information content (AvgIpc) is 2.61. The second kappa shape index (κ2) is 9.52. The molecule has 0 spiro atoms. The van der Waals surface area contributed by atoms with Crippen molar-refractivity contribution in [2.24, 2.45) is 11.5 Å². The van der Waals surface area contributed by atoms with Crippen molar-refractivity contribution in [3.05, 3.63) is 83.9 Å². The van der Waals surface area contributed by atoms with Crippen LogP contribution in [0.5, 0.6) is 0 Å². The lowest BCUT2D eigenvalue weighted by Crippen LogP contribution is -2.46. The zero-order chi connectivity index (χ0) is 18.1. The van der Waals surface area contributed by atoms with E-state index in [4.69, 9.17) is 16.2 Å². The fourth-order valence-electron chi connectivity index (χ4n) is 2.98. The molecule has 4 N–H and O–H groups in total. The van der Waals surface area contributed by atoms with E-state index in [-0.39, 0.29) is 0 Å². The van der Waals surface area contributed by atoms with Gasteiger partial charge in [-0.2, -0.15) is 0 Å². The van der Waals surface area contributed by atoms with Crippen LogP contribution in [0.3, 0.4) is 0 Å². The lowest BCUT2D eigenvalue weighted by molar-refractivity contribution is 0.136. The molecular formula is C22H30N2O. The quantitative estimate of drug-likeness (QED) is 0.501. The topological polar surface area (TPSA) is 61.3 Å². The molecule has 0 saturated heterocycles. The van der Waals surface area contributed by atoms with E-state index in [0.717, 1.165) is 30.4 Å². The van der Waals surface area contributed by atoms with Gasteiger partial charge in [-0.25, -0.2) is 0 Å². The van der Waals surface area contributed by atoms with Gasteiger partial charge in [0.05, 0.1) is 18.9 Å². The average molecular weight is 338 g/mol. The van der Waals surface area contributed by atoms with Crippen molar-refractivity contribution < 1.29 is 4.74 Å². The Morgan fingerprint density at radius 2 is 1.64 bits per heavy atom. The summed E-state index contributed by atoms with van der Waals surface area (Å²) in [5.74, 6) is 0.340. The van der Waals surface area contributed by atoms with Crippen molar-refractivity contribution >= 4 is 0 Å². The minimum Gasteiger partial charge on any atom is -0.377 e. The molecular weight excluding hydrogens is 308 g/mol. The highest BCUT2D eigenvalue weighted by Gasteiger charge is 2.22. The Labute approximate surface area is 151 Å². The molecule has 3 heteroatoms. The SMILES string of the molecule is C=C(C)COCC(CCCC(N)(N)c1ccccc1)c1ccccc1. The van der Waals surface area contributed by atoms with Gasteiger partial charge < -0.3 is 16.2 Å². The molecule has 3 nitrogen and oxygen atoms in total. The molecule has 0 saturated carbocycles. The van der Waals surface area contributed by atoms with E-state index in [2.05, 4.69) is 30.8 Å². The molecule has 0 bridgehead atoms. The number of hydrogen-bond donors (Lipinski definition) is 2. The highest BCUT2D eigenvalue weighted by Crippen LogP contribution is 2.26. The fourth-order valence-corrected chi connectivity index (χ4v) is 2.98. The molecule has 1 atom stereocenters. The van der Waals surface area contributed by atoms with Crippen LogP contribution in [-0.2, 0) is 10.4 Å². The summed E-state index contributed by atoms with van der Waals surface area (Å²) in [5.41, 5.74) is 15.2. The van der Waals surface area contributed by atoms with Crippen LogP contribution < -0.4 is 11.5 Å². The molecule has 0 heterocycles. The van der Waals surface area contributed by atoms with E-state index >= 15 is 0 Å². The molecule has 0 radical (unpaired) electrons. The summed E-state index contributed by atoms with van der Waals surface area (Å²) >= 11 is 0. The van der Waals surface area contributed by atoms with Gasteiger partial charge in [0.15, 0.2) is 0 Å². The fraction of sp³-hybridized carbons (Fsp3) is 0.364. The Hall–Kier alpha value is -1.94. The van der Waals surface area contributed by atoms with Crippen LogP contribution in [0.15, 0.2) is 72.8 Å². The van der Waals surface area contributed by atoms with Gasteiger partial charge in [-0.05, 0) is 37.3 Å². The number of benzene rings is 2. The summed E-state index contributed by atoms with van der Waals surface area (Å²) in [7, 11) is 0. The van der Waals surface area contributed by atoms with E-state index in [1.54, 1.807) is 0 Å². The van der Waals surface area contributed by atoms with Crippen LogP contribution >= 0.6 is 0 Å². The maximum Gasteiger partial charge on any atom is 0.0899 e. The zero-order valence-electron chi connectivity index (χ0n) is 15.2. The smallest absolute Gasteiger partial charge is 0.0899 e. The van der Waals surface area contributed by atoms with Crippen molar-refractivity contribution in [2.45, 2.75) is 37.8 Å². The Balaban J connectivity index is 1.93. The largest absolute Gasteiger partial charge is 0.377 e. The van der Waals surface area contributed by atoms with Gasteiger partial charge in [0.25, 0.3) is 0 Å². The predicted molar refractivity (Wildman–Crippen MR) is 105 cm³/mol. The molecule has 0 amide bonds. The number of nitrogens with two attached hydrogens (primary N) is 2. The molecule has 1 unspecified atom stereocenters. The third kappa shape index (κ3) is 6.46. The van der Waals surface area contributed by atoms with Gasteiger partial charge >= 0.3 is 0 Å². The summed E-state index contributed by atoms with van der Waals surface area (Å²) < 4.78 is 5.82. The summed E-state index contributed by atoms with van der Waals surface area (Å²) in [6.45, 7) is 7.16. The molecule has 0 aromatic heterocycles. The maximum absolute atomic E-state index is 6.34.